The van der Waals surface area contributed by atoms with Crippen LogP contribution in [-0.2, 0) is 27.2 Å². The van der Waals surface area contributed by atoms with E-state index in [-0.39, 0.29) is 11.2 Å². The van der Waals surface area contributed by atoms with Crippen LogP contribution < -0.4 is 16.6 Å². The second kappa shape index (κ2) is 5.66. The summed E-state index contributed by atoms with van der Waals surface area (Å²) < 4.78 is 4.38. The molecule has 0 saturated carbocycles. The molecule has 102 valence electrons. The lowest BCUT2D eigenvalue weighted by Crippen LogP contribution is -2.39. The Morgan fingerprint density at radius 1 is 1.26 bits per heavy atom. The van der Waals surface area contributed by atoms with Crippen LogP contribution in [0.5, 0.6) is 0 Å². The summed E-state index contributed by atoms with van der Waals surface area (Å²) in [5, 5.41) is 7.27. The Bertz CT molecular complexity index is 654. The Morgan fingerprint density at radius 3 is 2.74 bits per heavy atom. The SMILES string of the molecule is Cn1c(CNCCn2cccn2)cc(=O)n(C)c1=O. The van der Waals surface area contributed by atoms with Gasteiger partial charge in [0.15, 0.2) is 0 Å². The average molecular weight is 263 g/mol. The second-order valence-electron chi connectivity index (χ2n) is 4.32. The normalized spacial score (nSPS) is 10.8. The molecule has 0 fully saturated rings. The molecule has 0 amide bonds. The molecule has 0 atom stereocenters. The van der Waals surface area contributed by atoms with E-state index in [4.69, 9.17) is 0 Å². The van der Waals surface area contributed by atoms with Crippen molar-refractivity contribution in [1.82, 2.24) is 24.2 Å². The summed E-state index contributed by atoms with van der Waals surface area (Å²) in [6.45, 7) is 1.93. The highest BCUT2D eigenvalue weighted by Crippen LogP contribution is 1.90. The molecule has 0 bridgehead atoms. The minimum Gasteiger partial charge on any atom is -0.309 e. The maximum absolute atomic E-state index is 11.7. The van der Waals surface area contributed by atoms with E-state index < -0.39 is 0 Å². The molecule has 0 aromatic carbocycles. The Hall–Kier alpha value is -2.15. The first-order chi connectivity index (χ1) is 9.09. The van der Waals surface area contributed by atoms with Crippen LogP contribution >= 0.6 is 0 Å². The van der Waals surface area contributed by atoms with Crippen LogP contribution in [0, 0.1) is 0 Å². The van der Waals surface area contributed by atoms with Gasteiger partial charge in [-0.2, -0.15) is 5.10 Å². The van der Waals surface area contributed by atoms with Gasteiger partial charge in [-0.25, -0.2) is 4.79 Å². The lowest BCUT2D eigenvalue weighted by molar-refractivity contribution is 0.537. The van der Waals surface area contributed by atoms with Gasteiger partial charge in [-0.15, -0.1) is 0 Å². The molecule has 0 aliphatic heterocycles. The van der Waals surface area contributed by atoms with Gasteiger partial charge >= 0.3 is 5.69 Å². The van der Waals surface area contributed by atoms with E-state index in [1.54, 1.807) is 13.2 Å². The molecule has 0 saturated heterocycles. The molecule has 0 spiro atoms. The largest absolute Gasteiger partial charge is 0.330 e. The zero-order valence-corrected chi connectivity index (χ0v) is 11.0. The van der Waals surface area contributed by atoms with Crippen molar-refractivity contribution in [3.05, 3.63) is 51.1 Å². The van der Waals surface area contributed by atoms with Crippen LogP contribution in [-0.4, -0.2) is 25.5 Å². The first kappa shape index (κ1) is 13.3. The Labute approximate surface area is 110 Å². The van der Waals surface area contributed by atoms with Gasteiger partial charge < -0.3 is 5.32 Å². The highest BCUT2D eigenvalue weighted by molar-refractivity contribution is 5.01. The lowest BCUT2D eigenvalue weighted by Gasteiger charge is -2.10. The third-order valence-electron chi connectivity index (χ3n) is 3.01. The standard InChI is InChI=1S/C12H17N5O2/c1-15-10(8-11(18)16(2)12(15)19)9-13-5-7-17-6-3-4-14-17/h3-4,6,8,13H,5,7,9H2,1-2H3. The summed E-state index contributed by atoms with van der Waals surface area (Å²) in [7, 11) is 3.13. The number of hydrogen-bond donors (Lipinski definition) is 1. The molecule has 2 heterocycles. The number of rotatable bonds is 5. The monoisotopic (exact) mass is 263 g/mol. The van der Waals surface area contributed by atoms with E-state index >= 15 is 0 Å². The lowest BCUT2D eigenvalue weighted by atomic mass is 10.3. The van der Waals surface area contributed by atoms with E-state index in [1.165, 1.54) is 17.7 Å². The summed E-state index contributed by atoms with van der Waals surface area (Å²) >= 11 is 0. The van der Waals surface area contributed by atoms with Crippen LogP contribution in [0.1, 0.15) is 5.69 Å². The Kier molecular flexibility index (Phi) is 3.96. The van der Waals surface area contributed by atoms with Crippen molar-refractivity contribution in [2.75, 3.05) is 6.54 Å². The van der Waals surface area contributed by atoms with Crippen molar-refractivity contribution in [3.63, 3.8) is 0 Å². The van der Waals surface area contributed by atoms with Gasteiger partial charge in [0.05, 0.1) is 6.54 Å². The van der Waals surface area contributed by atoms with Crippen LogP contribution in [0.4, 0.5) is 0 Å². The molecular formula is C12H17N5O2. The van der Waals surface area contributed by atoms with Gasteiger partial charge in [0.25, 0.3) is 5.56 Å². The number of nitrogens with one attached hydrogen (secondary N) is 1. The van der Waals surface area contributed by atoms with Crippen molar-refractivity contribution in [3.8, 4) is 0 Å². The van der Waals surface area contributed by atoms with E-state index in [0.717, 1.165) is 11.1 Å². The predicted molar refractivity (Wildman–Crippen MR) is 70.9 cm³/mol. The molecular weight excluding hydrogens is 246 g/mol. The molecule has 0 unspecified atom stereocenters. The molecule has 2 aromatic rings. The van der Waals surface area contributed by atoms with E-state index in [0.29, 0.717) is 18.8 Å². The maximum Gasteiger partial charge on any atom is 0.330 e. The average Bonchev–Trinajstić information content (AvgIpc) is 2.91. The minimum absolute atomic E-state index is 0.285. The fourth-order valence-electron chi connectivity index (χ4n) is 1.79. The Morgan fingerprint density at radius 2 is 2.05 bits per heavy atom. The van der Waals surface area contributed by atoms with Gasteiger partial charge in [0.2, 0.25) is 0 Å². The van der Waals surface area contributed by atoms with Crippen LogP contribution in [0.15, 0.2) is 34.1 Å². The molecule has 19 heavy (non-hydrogen) atoms. The van der Waals surface area contributed by atoms with E-state index in [2.05, 4.69) is 10.4 Å². The zero-order chi connectivity index (χ0) is 13.8. The third-order valence-corrected chi connectivity index (χ3v) is 3.01. The fraction of sp³-hybridized carbons (Fsp3) is 0.417. The molecule has 0 radical (unpaired) electrons. The molecule has 0 aliphatic carbocycles. The fourth-order valence-corrected chi connectivity index (χ4v) is 1.79. The topological polar surface area (TPSA) is 73.8 Å². The molecule has 2 aromatic heterocycles. The summed E-state index contributed by atoms with van der Waals surface area (Å²) in [5.41, 5.74) is 0.0805. The van der Waals surface area contributed by atoms with Crippen LogP contribution in [0.2, 0.25) is 0 Å². The second-order valence-corrected chi connectivity index (χ2v) is 4.32. The first-order valence-electron chi connectivity index (χ1n) is 6.03. The molecule has 0 aliphatic rings. The quantitative estimate of drug-likeness (QED) is 0.707. The van der Waals surface area contributed by atoms with Crippen molar-refractivity contribution >= 4 is 0 Å². The summed E-state index contributed by atoms with van der Waals surface area (Å²) in [5.74, 6) is 0. The third kappa shape index (κ3) is 3.00. The van der Waals surface area contributed by atoms with Crippen molar-refractivity contribution in [2.45, 2.75) is 13.1 Å². The predicted octanol–water partition coefficient (Wildman–Crippen LogP) is -0.930. The van der Waals surface area contributed by atoms with Gasteiger partial charge in [-0.05, 0) is 6.07 Å². The number of hydrogen-bond acceptors (Lipinski definition) is 4. The molecule has 7 heteroatoms. The molecule has 1 N–H and O–H groups in total. The van der Waals surface area contributed by atoms with Crippen molar-refractivity contribution in [2.24, 2.45) is 14.1 Å². The molecule has 7 nitrogen and oxygen atoms in total. The minimum atomic E-state index is -0.309. The van der Waals surface area contributed by atoms with Gasteiger partial charge in [-0.1, -0.05) is 0 Å². The van der Waals surface area contributed by atoms with E-state index in [1.807, 2.05) is 16.9 Å². The Balaban J connectivity index is 1.97. The first-order valence-corrected chi connectivity index (χ1v) is 6.03. The van der Waals surface area contributed by atoms with Crippen molar-refractivity contribution < 1.29 is 0 Å². The summed E-state index contributed by atoms with van der Waals surface area (Å²) in [4.78, 5) is 23.3. The van der Waals surface area contributed by atoms with Crippen molar-refractivity contribution in [1.29, 1.82) is 0 Å². The number of aromatic nitrogens is 4. The maximum atomic E-state index is 11.7. The zero-order valence-electron chi connectivity index (χ0n) is 11.0. The number of nitrogens with zero attached hydrogens (tertiary/aromatic N) is 4. The smallest absolute Gasteiger partial charge is 0.309 e. The highest BCUT2D eigenvalue weighted by Gasteiger charge is 2.04. The summed E-state index contributed by atoms with van der Waals surface area (Å²) in [6.07, 6.45) is 3.61. The van der Waals surface area contributed by atoms with Gasteiger partial charge in [-0.3, -0.25) is 18.6 Å². The van der Waals surface area contributed by atoms with Crippen LogP contribution in [0.3, 0.4) is 0 Å². The van der Waals surface area contributed by atoms with Crippen LogP contribution in [0.25, 0.3) is 0 Å². The van der Waals surface area contributed by atoms with Gasteiger partial charge in [0, 0.05) is 51.3 Å². The molecule has 2 rings (SSSR count). The summed E-state index contributed by atoms with van der Waals surface area (Å²) in [6, 6.07) is 3.34. The highest BCUT2D eigenvalue weighted by atomic mass is 16.2. The van der Waals surface area contributed by atoms with E-state index in [9.17, 15) is 9.59 Å². The van der Waals surface area contributed by atoms with Gasteiger partial charge in [0.1, 0.15) is 0 Å².